The summed E-state index contributed by atoms with van der Waals surface area (Å²) in [5.74, 6) is 0.966. The Labute approximate surface area is 156 Å². The largest absolute Gasteiger partial charge is 0.493 e. The zero-order chi connectivity index (χ0) is 18.2. The second-order valence-corrected chi connectivity index (χ2v) is 6.65. The fraction of sp³-hybridized carbons (Fsp3) is 0.250. The van der Waals surface area contributed by atoms with E-state index >= 15 is 0 Å². The average Bonchev–Trinajstić information content (AvgIpc) is 2.68. The molecule has 0 amide bonds. The minimum atomic E-state index is 0.225. The second-order valence-electron chi connectivity index (χ2n) is 6.65. The van der Waals surface area contributed by atoms with Gasteiger partial charge in [0.25, 0.3) is 0 Å². The Hall–Kier alpha value is -2.58. The third kappa shape index (κ3) is 4.96. The van der Waals surface area contributed by atoms with Gasteiger partial charge in [-0.1, -0.05) is 72.8 Å². The minimum absolute atomic E-state index is 0.225. The van der Waals surface area contributed by atoms with Crippen molar-refractivity contribution in [2.24, 2.45) is 0 Å². The van der Waals surface area contributed by atoms with Gasteiger partial charge in [-0.05, 0) is 36.6 Å². The molecular weight excluding hydrogens is 318 g/mol. The molecule has 3 rings (SSSR count). The normalized spacial score (nSPS) is 11.9. The van der Waals surface area contributed by atoms with E-state index in [1.807, 2.05) is 12.1 Å². The van der Waals surface area contributed by atoms with Crippen LogP contribution in [0.4, 0.5) is 0 Å². The van der Waals surface area contributed by atoms with E-state index in [1.54, 1.807) is 0 Å². The van der Waals surface area contributed by atoms with Gasteiger partial charge in [-0.15, -0.1) is 0 Å². The molecule has 0 spiro atoms. The van der Waals surface area contributed by atoms with E-state index in [1.165, 1.54) is 22.3 Å². The molecule has 0 fully saturated rings. The van der Waals surface area contributed by atoms with Crippen molar-refractivity contribution >= 4 is 0 Å². The summed E-state index contributed by atoms with van der Waals surface area (Å²) in [5, 5.41) is 3.62. The van der Waals surface area contributed by atoms with Crippen LogP contribution in [0.25, 0.3) is 0 Å². The Morgan fingerprint density at radius 2 is 1.54 bits per heavy atom. The summed E-state index contributed by atoms with van der Waals surface area (Å²) in [6, 6.07) is 27.5. The predicted octanol–water partition coefficient (Wildman–Crippen LogP) is 5.47. The first-order valence-corrected chi connectivity index (χ1v) is 9.27. The Morgan fingerprint density at radius 3 is 2.35 bits per heavy atom. The number of benzene rings is 3. The second kappa shape index (κ2) is 9.21. The van der Waals surface area contributed by atoms with E-state index in [9.17, 15) is 0 Å². The summed E-state index contributed by atoms with van der Waals surface area (Å²) in [4.78, 5) is 0. The van der Waals surface area contributed by atoms with Crippen LogP contribution in [0.2, 0.25) is 0 Å². The van der Waals surface area contributed by atoms with E-state index in [0.717, 1.165) is 18.7 Å². The number of para-hydroxylation sites is 1. The maximum atomic E-state index is 6.10. The Morgan fingerprint density at radius 1 is 0.846 bits per heavy atom. The van der Waals surface area contributed by atoms with Crippen molar-refractivity contribution in [1.29, 1.82) is 0 Å². The molecule has 0 aliphatic heterocycles. The lowest BCUT2D eigenvalue weighted by Crippen LogP contribution is -2.19. The van der Waals surface area contributed by atoms with Crippen LogP contribution in [0.3, 0.4) is 0 Å². The lowest BCUT2D eigenvalue weighted by atomic mass is 10.1. The van der Waals surface area contributed by atoms with Crippen LogP contribution in [0, 0.1) is 6.92 Å². The molecule has 26 heavy (non-hydrogen) atoms. The number of hydrogen-bond donors (Lipinski definition) is 1. The maximum absolute atomic E-state index is 6.10. The van der Waals surface area contributed by atoms with Crippen LogP contribution in [-0.2, 0) is 13.0 Å². The summed E-state index contributed by atoms with van der Waals surface area (Å²) < 4.78 is 6.10. The van der Waals surface area contributed by atoms with Crippen LogP contribution < -0.4 is 10.1 Å². The molecule has 0 aliphatic carbocycles. The fourth-order valence-electron chi connectivity index (χ4n) is 3.07. The molecule has 1 atom stereocenters. The van der Waals surface area contributed by atoms with Gasteiger partial charge >= 0.3 is 0 Å². The summed E-state index contributed by atoms with van der Waals surface area (Å²) in [6.45, 7) is 5.89. The van der Waals surface area contributed by atoms with Gasteiger partial charge in [0.05, 0.1) is 6.61 Å². The van der Waals surface area contributed by atoms with E-state index in [0.29, 0.717) is 6.61 Å². The van der Waals surface area contributed by atoms with E-state index in [2.05, 4.69) is 85.9 Å². The maximum Gasteiger partial charge on any atom is 0.124 e. The highest BCUT2D eigenvalue weighted by Crippen LogP contribution is 2.25. The van der Waals surface area contributed by atoms with Crippen LogP contribution >= 0.6 is 0 Å². The van der Waals surface area contributed by atoms with Gasteiger partial charge in [-0.25, -0.2) is 0 Å². The van der Waals surface area contributed by atoms with Gasteiger partial charge in [0.2, 0.25) is 0 Å². The van der Waals surface area contributed by atoms with Crippen LogP contribution in [0.5, 0.6) is 5.75 Å². The van der Waals surface area contributed by atoms with Crippen molar-refractivity contribution in [3.63, 3.8) is 0 Å². The molecule has 1 N–H and O–H groups in total. The van der Waals surface area contributed by atoms with Gasteiger partial charge in [-0.3, -0.25) is 0 Å². The average molecular weight is 345 g/mol. The number of aryl methyl sites for hydroxylation is 1. The molecule has 134 valence electrons. The number of ether oxygens (including phenoxy) is 1. The SMILES string of the molecule is Cc1ccccc1CNC(C)c1ccccc1OCCc1ccccc1. The summed E-state index contributed by atoms with van der Waals surface area (Å²) in [6.07, 6.45) is 0.917. The van der Waals surface area contributed by atoms with Crippen molar-refractivity contribution in [2.75, 3.05) is 6.61 Å². The summed E-state index contributed by atoms with van der Waals surface area (Å²) in [5.41, 5.74) is 5.16. The molecular formula is C24H27NO. The first kappa shape index (κ1) is 18.2. The monoisotopic (exact) mass is 345 g/mol. The fourth-order valence-corrected chi connectivity index (χ4v) is 3.07. The molecule has 0 aromatic heterocycles. The molecule has 0 radical (unpaired) electrons. The van der Waals surface area contributed by atoms with Crippen LogP contribution in [-0.4, -0.2) is 6.61 Å². The van der Waals surface area contributed by atoms with E-state index in [4.69, 9.17) is 4.74 Å². The molecule has 2 nitrogen and oxygen atoms in total. The topological polar surface area (TPSA) is 21.3 Å². The van der Waals surface area contributed by atoms with E-state index < -0.39 is 0 Å². The number of nitrogens with one attached hydrogen (secondary N) is 1. The van der Waals surface area contributed by atoms with Crippen molar-refractivity contribution in [3.05, 3.63) is 101 Å². The molecule has 0 saturated carbocycles. The predicted molar refractivity (Wildman–Crippen MR) is 109 cm³/mol. The third-order valence-electron chi connectivity index (χ3n) is 4.74. The van der Waals surface area contributed by atoms with Crippen molar-refractivity contribution in [2.45, 2.75) is 32.9 Å². The molecule has 2 heteroatoms. The van der Waals surface area contributed by atoms with Gasteiger partial charge in [-0.2, -0.15) is 0 Å². The Kier molecular flexibility index (Phi) is 6.45. The highest BCUT2D eigenvalue weighted by Gasteiger charge is 2.11. The molecule has 3 aromatic rings. The van der Waals surface area contributed by atoms with Crippen LogP contribution in [0.15, 0.2) is 78.9 Å². The van der Waals surface area contributed by atoms with E-state index in [-0.39, 0.29) is 6.04 Å². The summed E-state index contributed by atoms with van der Waals surface area (Å²) >= 11 is 0. The summed E-state index contributed by atoms with van der Waals surface area (Å²) in [7, 11) is 0. The van der Waals surface area contributed by atoms with Gasteiger partial charge in [0.15, 0.2) is 0 Å². The third-order valence-corrected chi connectivity index (χ3v) is 4.74. The molecule has 0 saturated heterocycles. The molecule has 0 aliphatic rings. The first-order valence-electron chi connectivity index (χ1n) is 9.27. The highest BCUT2D eigenvalue weighted by molar-refractivity contribution is 5.36. The van der Waals surface area contributed by atoms with Crippen molar-refractivity contribution < 1.29 is 4.74 Å². The highest BCUT2D eigenvalue weighted by atomic mass is 16.5. The Bertz CT molecular complexity index is 813. The zero-order valence-corrected chi connectivity index (χ0v) is 15.6. The number of rotatable bonds is 8. The molecule has 3 aromatic carbocycles. The lowest BCUT2D eigenvalue weighted by Gasteiger charge is -2.19. The standard InChI is InChI=1S/C24H27NO/c1-19-10-6-7-13-22(19)18-25-20(2)23-14-8-9-15-24(23)26-17-16-21-11-4-3-5-12-21/h3-15,20,25H,16-18H2,1-2H3. The quantitative estimate of drug-likeness (QED) is 0.585. The van der Waals surface area contributed by atoms with Crippen molar-refractivity contribution in [3.8, 4) is 5.75 Å². The lowest BCUT2D eigenvalue weighted by molar-refractivity contribution is 0.315. The van der Waals surface area contributed by atoms with Gasteiger partial charge < -0.3 is 10.1 Å². The Balaban J connectivity index is 1.59. The zero-order valence-electron chi connectivity index (χ0n) is 15.6. The molecule has 0 heterocycles. The minimum Gasteiger partial charge on any atom is -0.493 e. The van der Waals surface area contributed by atoms with Crippen molar-refractivity contribution in [1.82, 2.24) is 5.32 Å². The number of hydrogen-bond acceptors (Lipinski definition) is 2. The van der Waals surface area contributed by atoms with Gasteiger partial charge in [0, 0.05) is 24.6 Å². The van der Waals surface area contributed by atoms with Crippen LogP contribution in [0.1, 0.15) is 35.2 Å². The smallest absolute Gasteiger partial charge is 0.124 e. The molecule has 1 unspecified atom stereocenters. The van der Waals surface area contributed by atoms with Gasteiger partial charge in [0.1, 0.15) is 5.75 Å². The first-order chi connectivity index (χ1) is 12.7. The molecule has 0 bridgehead atoms.